The second-order valence-corrected chi connectivity index (χ2v) is 3.44. The van der Waals surface area contributed by atoms with Crippen molar-refractivity contribution in [2.45, 2.75) is 41.5 Å². The van der Waals surface area contributed by atoms with Gasteiger partial charge in [0, 0.05) is 5.41 Å². The molecule has 0 aliphatic heterocycles. The zero-order valence-corrected chi connectivity index (χ0v) is 10.1. The molecule has 0 saturated heterocycles. The number of allylic oxidation sites excluding steroid dienone is 2. The van der Waals surface area contributed by atoms with Crippen LogP contribution in [0.25, 0.3) is 0 Å². The third-order valence-electron chi connectivity index (χ3n) is 0.500. The fraction of sp³-hybridized carbons (Fsp3) is 0.538. The van der Waals surface area contributed by atoms with Gasteiger partial charge in [-0.25, -0.2) is 0 Å². The van der Waals surface area contributed by atoms with E-state index in [-0.39, 0.29) is 5.41 Å². The first-order valence-corrected chi connectivity index (χ1v) is 4.47. The van der Waals surface area contributed by atoms with Crippen LogP contribution in [0.1, 0.15) is 41.5 Å². The van der Waals surface area contributed by atoms with Gasteiger partial charge in [0.25, 0.3) is 0 Å². The van der Waals surface area contributed by atoms with Crippen molar-refractivity contribution in [3.63, 3.8) is 0 Å². The second-order valence-electron chi connectivity index (χ2n) is 3.44. The summed E-state index contributed by atoms with van der Waals surface area (Å²) >= 11 is 0. The van der Waals surface area contributed by atoms with Crippen LogP contribution >= 0.6 is 0 Å². The maximum Gasteiger partial charge on any atom is 0.0230 e. The van der Waals surface area contributed by atoms with E-state index < -0.39 is 0 Å². The van der Waals surface area contributed by atoms with Crippen molar-refractivity contribution >= 4 is 0 Å². The molecule has 0 saturated carbocycles. The van der Waals surface area contributed by atoms with E-state index in [2.05, 4.69) is 45.8 Å². The van der Waals surface area contributed by atoms with Crippen LogP contribution in [0.4, 0.5) is 0 Å². The van der Waals surface area contributed by atoms with Gasteiger partial charge in [0.1, 0.15) is 0 Å². The van der Waals surface area contributed by atoms with Gasteiger partial charge in [-0.2, -0.15) is 0 Å². The van der Waals surface area contributed by atoms with Crippen LogP contribution in [-0.4, -0.2) is 0 Å². The fourth-order valence-corrected chi connectivity index (χ4v) is 0.375. The molecule has 13 heavy (non-hydrogen) atoms. The lowest BCUT2D eigenvalue weighted by Crippen LogP contribution is -1.98. The third-order valence-corrected chi connectivity index (χ3v) is 0.500. The highest BCUT2D eigenvalue weighted by Crippen LogP contribution is 2.09. The van der Waals surface area contributed by atoms with Gasteiger partial charge in [-0.1, -0.05) is 18.1 Å². The molecule has 0 atom stereocenters. The lowest BCUT2D eigenvalue weighted by atomic mass is 9.98. The number of hydrogen-bond donors (Lipinski definition) is 0. The first kappa shape index (κ1) is 18.0. The molecule has 0 heterocycles. The predicted molar refractivity (Wildman–Crippen MR) is 64.6 cm³/mol. The van der Waals surface area contributed by atoms with E-state index in [0.717, 1.165) is 0 Å². The highest BCUT2D eigenvalue weighted by molar-refractivity contribution is 5.04. The van der Waals surface area contributed by atoms with E-state index >= 15 is 0 Å². The summed E-state index contributed by atoms with van der Waals surface area (Å²) in [5, 5.41) is 0. The normalized spacial score (nSPS) is 7.23. The smallest absolute Gasteiger partial charge is 0.0230 e. The molecule has 0 aromatic carbocycles. The van der Waals surface area contributed by atoms with E-state index in [1.165, 1.54) is 0 Å². The number of hydrogen-bond acceptors (Lipinski definition) is 0. The van der Waals surface area contributed by atoms with Crippen LogP contribution in [0, 0.1) is 17.3 Å². The van der Waals surface area contributed by atoms with E-state index in [9.17, 15) is 0 Å². The summed E-state index contributed by atoms with van der Waals surface area (Å²) < 4.78 is 0. The van der Waals surface area contributed by atoms with Crippen LogP contribution in [0.15, 0.2) is 25.3 Å². The Hall–Kier alpha value is -0.960. The molecular formula is C13H24. The summed E-state index contributed by atoms with van der Waals surface area (Å²) in [6.45, 7) is 18.7. The summed E-state index contributed by atoms with van der Waals surface area (Å²) in [6.07, 6.45) is 3.50. The van der Waals surface area contributed by atoms with Gasteiger partial charge in [-0.15, -0.1) is 19.1 Å². The van der Waals surface area contributed by atoms with Gasteiger partial charge in [-0.3, -0.25) is 0 Å². The molecule has 0 fully saturated rings. The molecule has 0 nitrogen and oxygen atoms in total. The Morgan fingerprint density at radius 2 is 1.23 bits per heavy atom. The Kier molecular flexibility index (Phi) is 18.8. The van der Waals surface area contributed by atoms with Gasteiger partial charge < -0.3 is 0 Å². The molecule has 0 unspecified atom stereocenters. The Morgan fingerprint density at radius 1 is 1.00 bits per heavy atom. The summed E-state index contributed by atoms with van der Waals surface area (Å²) in [5.74, 6) is 5.89. The van der Waals surface area contributed by atoms with Crippen LogP contribution in [-0.2, 0) is 0 Å². The lowest BCUT2D eigenvalue weighted by molar-refractivity contribution is 0.571. The van der Waals surface area contributed by atoms with Crippen molar-refractivity contribution < 1.29 is 0 Å². The van der Waals surface area contributed by atoms with E-state index in [1.807, 2.05) is 20.8 Å². The van der Waals surface area contributed by atoms with Crippen LogP contribution in [0.5, 0.6) is 0 Å². The molecule has 0 bridgehead atoms. The standard InChI is InChI=1S/C7H12.2C3H6/c1-5-6-7(2,3)4;2*1-3-2/h1-4H3;2*3H,1H2,2H3. The van der Waals surface area contributed by atoms with Gasteiger partial charge >= 0.3 is 0 Å². The van der Waals surface area contributed by atoms with Crippen LogP contribution < -0.4 is 0 Å². The number of rotatable bonds is 0. The van der Waals surface area contributed by atoms with Gasteiger partial charge in [-0.05, 0) is 41.5 Å². The molecule has 76 valence electrons. The Labute approximate surface area is 84.8 Å². The maximum atomic E-state index is 3.36. The maximum absolute atomic E-state index is 3.36. The van der Waals surface area contributed by atoms with Crippen molar-refractivity contribution in [3.05, 3.63) is 25.3 Å². The van der Waals surface area contributed by atoms with Crippen molar-refractivity contribution in [1.29, 1.82) is 0 Å². The Morgan fingerprint density at radius 3 is 1.23 bits per heavy atom. The first-order valence-electron chi connectivity index (χ1n) is 4.47. The molecule has 0 radical (unpaired) electrons. The lowest BCUT2D eigenvalue weighted by Gasteiger charge is -2.05. The average Bonchev–Trinajstić information content (AvgIpc) is 1.87. The Bertz CT molecular complexity index is 151. The summed E-state index contributed by atoms with van der Waals surface area (Å²) in [6, 6.07) is 0. The predicted octanol–water partition coefficient (Wildman–Crippen LogP) is 4.44. The van der Waals surface area contributed by atoms with Gasteiger partial charge in [0.05, 0.1) is 0 Å². The fourth-order valence-electron chi connectivity index (χ4n) is 0.375. The average molecular weight is 180 g/mol. The molecule has 0 aliphatic carbocycles. The molecule has 0 aliphatic rings. The van der Waals surface area contributed by atoms with Crippen LogP contribution in [0.2, 0.25) is 0 Å². The minimum Gasteiger partial charge on any atom is -0.106 e. The first-order chi connectivity index (χ1) is 5.89. The van der Waals surface area contributed by atoms with E-state index in [4.69, 9.17) is 0 Å². The van der Waals surface area contributed by atoms with Crippen molar-refractivity contribution in [2.24, 2.45) is 5.41 Å². The minimum absolute atomic E-state index is 0.189. The minimum atomic E-state index is 0.189. The zero-order valence-electron chi connectivity index (χ0n) is 10.1. The topological polar surface area (TPSA) is 0 Å². The molecule has 0 aromatic rings. The molecule has 0 heteroatoms. The summed E-state index contributed by atoms with van der Waals surface area (Å²) in [7, 11) is 0. The highest BCUT2D eigenvalue weighted by Gasteiger charge is 2.01. The summed E-state index contributed by atoms with van der Waals surface area (Å²) in [5.41, 5.74) is 0.189. The van der Waals surface area contributed by atoms with Crippen molar-refractivity contribution in [3.8, 4) is 11.8 Å². The quantitative estimate of drug-likeness (QED) is 0.382. The summed E-state index contributed by atoms with van der Waals surface area (Å²) in [4.78, 5) is 0. The largest absolute Gasteiger partial charge is 0.106 e. The van der Waals surface area contributed by atoms with Crippen molar-refractivity contribution in [2.75, 3.05) is 0 Å². The SMILES string of the molecule is C=CC.C=CC.CC#CC(C)(C)C. The Balaban J connectivity index is -0.000000140. The molecule has 0 amide bonds. The second kappa shape index (κ2) is 13.6. The molecule has 0 aromatic heterocycles. The van der Waals surface area contributed by atoms with Crippen LogP contribution in [0.3, 0.4) is 0 Å². The van der Waals surface area contributed by atoms with Gasteiger partial charge in [0.15, 0.2) is 0 Å². The molecular weight excluding hydrogens is 156 g/mol. The van der Waals surface area contributed by atoms with E-state index in [0.29, 0.717) is 0 Å². The third kappa shape index (κ3) is 97.6. The zero-order chi connectivity index (χ0) is 11.3. The highest BCUT2D eigenvalue weighted by atomic mass is 14.0. The molecule has 0 N–H and O–H groups in total. The monoisotopic (exact) mass is 180 g/mol. The molecule has 0 rings (SSSR count). The van der Waals surface area contributed by atoms with Gasteiger partial charge in [0.2, 0.25) is 0 Å². The van der Waals surface area contributed by atoms with Crippen molar-refractivity contribution in [1.82, 2.24) is 0 Å². The van der Waals surface area contributed by atoms with E-state index in [1.54, 1.807) is 12.2 Å². The molecule has 0 spiro atoms.